The molecule has 0 fully saturated rings. The zero-order valence-electron chi connectivity index (χ0n) is 11.9. The van der Waals surface area contributed by atoms with Crippen LogP contribution in [0.3, 0.4) is 0 Å². The fourth-order valence-corrected chi connectivity index (χ4v) is 1.82. The van der Waals surface area contributed by atoms with Crippen molar-refractivity contribution in [2.24, 2.45) is 11.7 Å². The highest BCUT2D eigenvalue weighted by atomic mass is 16.1. The number of benzene rings is 1. The summed E-state index contributed by atoms with van der Waals surface area (Å²) in [5.41, 5.74) is 7.37. The van der Waals surface area contributed by atoms with E-state index in [0.29, 0.717) is 12.1 Å². The third-order valence-electron chi connectivity index (χ3n) is 3.74. The van der Waals surface area contributed by atoms with Crippen LogP contribution in [0.4, 0.5) is 0 Å². The number of nitrogens with two attached hydrogens (primary N) is 1. The SMILES string of the molecule is Cc1cc(CNC(C)(C(N)=O)C(C)C)ccc1C#N. The van der Waals surface area contributed by atoms with Crippen molar-refractivity contribution in [3.63, 3.8) is 0 Å². The van der Waals surface area contributed by atoms with Crippen LogP contribution < -0.4 is 11.1 Å². The Morgan fingerprint density at radius 3 is 2.58 bits per heavy atom. The molecular weight excluding hydrogens is 238 g/mol. The van der Waals surface area contributed by atoms with Crippen molar-refractivity contribution in [1.29, 1.82) is 5.26 Å². The zero-order valence-corrected chi connectivity index (χ0v) is 11.9. The standard InChI is InChI=1S/C15H21N3O/c1-10(2)15(4,14(17)19)18-9-12-5-6-13(8-16)11(3)7-12/h5-7,10,18H,9H2,1-4H3,(H2,17,19). The summed E-state index contributed by atoms with van der Waals surface area (Å²) in [6.45, 7) is 8.18. The van der Waals surface area contributed by atoms with Crippen LogP contribution in [-0.4, -0.2) is 11.4 Å². The predicted molar refractivity (Wildman–Crippen MR) is 75.2 cm³/mol. The molecule has 102 valence electrons. The van der Waals surface area contributed by atoms with Crippen LogP contribution in [0.1, 0.15) is 37.5 Å². The third-order valence-corrected chi connectivity index (χ3v) is 3.74. The molecule has 1 rings (SSSR count). The van der Waals surface area contributed by atoms with Gasteiger partial charge in [0, 0.05) is 6.54 Å². The number of nitriles is 1. The van der Waals surface area contributed by atoms with E-state index in [2.05, 4.69) is 11.4 Å². The summed E-state index contributed by atoms with van der Waals surface area (Å²) < 4.78 is 0. The molecule has 1 atom stereocenters. The van der Waals surface area contributed by atoms with Crippen molar-refractivity contribution in [2.75, 3.05) is 0 Å². The van der Waals surface area contributed by atoms with Gasteiger partial charge < -0.3 is 5.73 Å². The summed E-state index contributed by atoms with van der Waals surface area (Å²) in [5, 5.41) is 12.1. The second-order valence-electron chi connectivity index (χ2n) is 5.34. The zero-order chi connectivity index (χ0) is 14.6. The Balaban J connectivity index is 2.84. The molecule has 1 aromatic rings. The van der Waals surface area contributed by atoms with Gasteiger partial charge in [-0.1, -0.05) is 26.0 Å². The molecule has 0 saturated heterocycles. The Morgan fingerprint density at radius 1 is 1.53 bits per heavy atom. The predicted octanol–water partition coefficient (Wildman–Crippen LogP) is 1.86. The van der Waals surface area contributed by atoms with Crippen LogP contribution in [-0.2, 0) is 11.3 Å². The number of carbonyl (C=O) groups is 1. The lowest BCUT2D eigenvalue weighted by molar-refractivity contribution is -0.125. The fourth-order valence-electron chi connectivity index (χ4n) is 1.82. The van der Waals surface area contributed by atoms with Crippen LogP contribution in [0.25, 0.3) is 0 Å². The van der Waals surface area contributed by atoms with Gasteiger partial charge in [-0.3, -0.25) is 10.1 Å². The van der Waals surface area contributed by atoms with E-state index < -0.39 is 5.54 Å². The smallest absolute Gasteiger partial charge is 0.237 e. The van der Waals surface area contributed by atoms with Gasteiger partial charge in [-0.2, -0.15) is 5.26 Å². The highest BCUT2D eigenvalue weighted by molar-refractivity contribution is 5.84. The van der Waals surface area contributed by atoms with Gasteiger partial charge in [0.05, 0.1) is 17.2 Å². The number of hydrogen-bond donors (Lipinski definition) is 2. The number of nitrogens with zero attached hydrogens (tertiary/aromatic N) is 1. The van der Waals surface area contributed by atoms with Crippen LogP contribution in [0, 0.1) is 24.2 Å². The molecule has 0 bridgehead atoms. The van der Waals surface area contributed by atoms with Gasteiger partial charge >= 0.3 is 0 Å². The summed E-state index contributed by atoms with van der Waals surface area (Å²) in [5.74, 6) is -0.252. The van der Waals surface area contributed by atoms with Crippen LogP contribution >= 0.6 is 0 Å². The lowest BCUT2D eigenvalue weighted by Gasteiger charge is -2.31. The fraction of sp³-hybridized carbons (Fsp3) is 0.467. The Kier molecular flexibility index (Phi) is 4.68. The van der Waals surface area contributed by atoms with Gasteiger partial charge in [-0.05, 0) is 37.0 Å². The van der Waals surface area contributed by atoms with Crippen LogP contribution in [0.15, 0.2) is 18.2 Å². The number of nitrogens with one attached hydrogen (secondary N) is 1. The topological polar surface area (TPSA) is 78.9 Å². The molecule has 0 spiro atoms. The highest BCUT2D eigenvalue weighted by Gasteiger charge is 2.33. The third kappa shape index (κ3) is 3.33. The van der Waals surface area contributed by atoms with Gasteiger partial charge in [-0.15, -0.1) is 0 Å². The first kappa shape index (κ1) is 15.2. The molecule has 3 N–H and O–H groups in total. The highest BCUT2D eigenvalue weighted by Crippen LogP contribution is 2.17. The molecule has 0 radical (unpaired) electrons. The molecule has 0 aliphatic rings. The molecule has 4 heteroatoms. The van der Waals surface area contributed by atoms with Gasteiger partial charge in [0.1, 0.15) is 0 Å². The van der Waals surface area contributed by atoms with E-state index in [1.807, 2.05) is 39.8 Å². The first-order valence-electron chi connectivity index (χ1n) is 6.35. The van der Waals surface area contributed by atoms with E-state index in [9.17, 15) is 4.79 Å². The van der Waals surface area contributed by atoms with E-state index in [-0.39, 0.29) is 11.8 Å². The van der Waals surface area contributed by atoms with Crippen molar-refractivity contribution >= 4 is 5.91 Å². The Labute approximate surface area is 114 Å². The molecule has 0 aromatic heterocycles. The van der Waals surface area contributed by atoms with Crippen molar-refractivity contribution in [2.45, 2.75) is 39.8 Å². The maximum Gasteiger partial charge on any atom is 0.237 e. The molecule has 0 saturated carbocycles. The molecule has 1 unspecified atom stereocenters. The van der Waals surface area contributed by atoms with Crippen molar-refractivity contribution in [1.82, 2.24) is 5.32 Å². The average Bonchev–Trinajstić information content (AvgIpc) is 2.35. The second-order valence-corrected chi connectivity index (χ2v) is 5.34. The minimum atomic E-state index is -0.734. The molecular formula is C15H21N3O. The minimum Gasteiger partial charge on any atom is -0.368 e. The number of amides is 1. The monoisotopic (exact) mass is 259 g/mol. The number of aryl methyl sites for hydroxylation is 1. The molecule has 0 aliphatic heterocycles. The number of rotatable bonds is 5. The number of carbonyl (C=O) groups excluding carboxylic acids is 1. The Hall–Kier alpha value is -1.86. The minimum absolute atomic E-state index is 0.101. The number of hydrogen-bond acceptors (Lipinski definition) is 3. The largest absolute Gasteiger partial charge is 0.368 e. The Morgan fingerprint density at radius 2 is 2.16 bits per heavy atom. The van der Waals surface area contributed by atoms with E-state index in [1.165, 1.54) is 0 Å². The number of primary amides is 1. The van der Waals surface area contributed by atoms with E-state index in [4.69, 9.17) is 11.0 Å². The van der Waals surface area contributed by atoms with E-state index in [1.54, 1.807) is 6.07 Å². The van der Waals surface area contributed by atoms with Gasteiger partial charge in [0.2, 0.25) is 5.91 Å². The molecule has 19 heavy (non-hydrogen) atoms. The van der Waals surface area contributed by atoms with Crippen LogP contribution in [0.5, 0.6) is 0 Å². The van der Waals surface area contributed by atoms with Gasteiger partial charge in [-0.25, -0.2) is 0 Å². The lowest BCUT2D eigenvalue weighted by Crippen LogP contribution is -2.56. The molecule has 0 heterocycles. The maximum atomic E-state index is 11.6. The molecule has 4 nitrogen and oxygen atoms in total. The van der Waals surface area contributed by atoms with Crippen molar-refractivity contribution < 1.29 is 4.79 Å². The second kappa shape index (κ2) is 5.85. The average molecular weight is 259 g/mol. The normalized spacial score (nSPS) is 13.9. The summed E-state index contributed by atoms with van der Waals surface area (Å²) in [6, 6.07) is 7.77. The summed E-state index contributed by atoms with van der Waals surface area (Å²) in [6.07, 6.45) is 0. The van der Waals surface area contributed by atoms with Crippen LogP contribution in [0.2, 0.25) is 0 Å². The van der Waals surface area contributed by atoms with E-state index >= 15 is 0 Å². The summed E-state index contributed by atoms with van der Waals surface area (Å²) in [7, 11) is 0. The maximum absolute atomic E-state index is 11.6. The van der Waals surface area contributed by atoms with Gasteiger partial charge in [0.15, 0.2) is 0 Å². The lowest BCUT2D eigenvalue weighted by atomic mass is 9.87. The molecule has 1 amide bonds. The molecule has 1 aromatic carbocycles. The first-order chi connectivity index (χ1) is 8.81. The van der Waals surface area contributed by atoms with Crippen molar-refractivity contribution in [3.05, 3.63) is 34.9 Å². The van der Waals surface area contributed by atoms with Gasteiger partial charge in [0.25, 0.3) is 0 Å². The quantitative estimate of drug-likeness (QED) is 0.847. The summed E-state index contributed by atoms with van der Waals surface area (Å²) in [4.78, 5) is 11.6. The first-order valence-corrected chi connectivity index (χ1v) is 6.35. The Bertz CT molecular complexity index is 517. The summed E-state index contributed by atoms with van der Waals surface area (Å²) >= 11 is 0. The van der Waals surface area contributed by atoms with E-state index in [0.717, 1.165) is 11.1 Å². The molecule has 0 aliphatic carbocycles. The van der Waals surface area contributed by atoms with Crippen molar-refractivity contribution in [3.8, 4) is 6.07 Å².